The van der Waals surface area contributed by atoms with Gasteiger partial charge in [0, 0.05) is 43.9 Å². The largest absolute Gasteiger partial charge is 0.372 e. The van der Waals surface area contributed by atoms with Crippen molar-refractivity contribution in [2.75, 3.05) is 23.3 Å². The van der Waals surface area contributed by atoms with Gasteiger partial charge in [-0.2, -0.15) is 0 Å². The second kappa shape index (κ2) is 9.52. The van der Waals surface area contributed by atoms with Crippen molar-refractivity contribution in [2.24, 2.45) is 5.14 Å². The lowest BCUT2D eigenvalue weighted by molar-refractivity contribution is -0.116. The number of imidazole rings is 1. The number of aromatic nitrogens is 2. The van der Waals surface area contributed by atoms with Crippen LogP contribution < -0.4 is 15.4 Å². The number of fused-ring (bicyclic) bond motifs is 1. The van der Waals surface area contributed by atoms with Gasteiger partial charge in [-0.25, -0.2) is 18.5 Å². The normalized spacial score (nSPS) is 14.2. The molecule has 0 bridgehead atoms. The fourth-order valence-corrected chi connectivity index (χ4v) is 4.93. The van der Waals surface area contributed by atoms with Crippen LogP contribution in [-0.2, 0) is 27.8 Å². The Labute approximate surface area is 194 Å². The van der Waals surface area contributed by atoms with Crippen LogP contribution >= 0.6 is 0 Å². The van der Waals surface area contributed by atoms with E-state index < -0.39 is 10.0 Å². The number of aryl methyl sites for hydroxylation is 3. The van der Waals surface area contributed by atoms with Gasteiger partial charge in [-0.05, 0) is 68.1 Å². The molecule has 3 aromatic rings. The Hall–Kier alpha value is -2.91. The number of amides is 1. The molecule has 2 aromatic carbocycles. The predicted molar refractivity (Wildman–Crippen MR) is 131 cm³/mol. The molecule has 0 aliphatic carbocycles. The van der Waals surface area contributed by atoms with E-state index >= 15 is 0 Å². The zero-order valence-corrected chi connectivity index (χ0v) is 20.0. The predicted octanol–water partition coefficient (Wildman–Crippen LogP) is 3.57. The van der Waals surface area contributed by atoms with Crippen molar-refractivity contribution in [1.29, 1.82) is 0 Å². The summed E-state index contributed by atoms with van der Waals surface area (Å²) < 4.78 is 25.4. The molecule has 1 saturated heterocycles. The van der Waals surface area contributed by atoms with Gasteiger partial charge in [0.15, 0.2) is 0 Å². The Kier molecular flexibility index (Phi) is 6.71. The highest BCUT2D eigenvalue weighted by atomic mass is 32.2. The van der Waals surface area contributed by atoms with E-state index in [0.717, 1.165) is 48.6 Å². The maximum absolute atomic E-state index is 12.7. The topological polar surface area (TPSA) is 110 Å². The van der Waals surface area contributed by atoms with Crippen LogP contribution in [0.5, 0.6) is 0 Å². The average Bonchev–Trinajstić information content (AvgIpc) is 3.42. The maximum atomic E-state index is 12.7. The first-order valence-corrected chi connectivity index (χ1v) is 13.0. The molecule has 0 atom stereocenters. The van der Waals surface area contributed by atoms with Crippen LogP contribution in [0.4, 0.5) is 11.4 Å². The standard InChI is InChI=1S/C24H31N5O3S/c1-3-12-29-22-9-7-19(33(25,31)32)16-21(22)26-23(29)10-11-24(30)27-20-8-6-18(15-17(20)2)28-13-4-5-14-28/h6-9,15-16H,3-5,10-14H2,1-2H3,(H,27,30)(H2,25,31,32). The number of hydrogen-bond donors (Lipinski definition) is 2. The van der Waals surface area contributed by atoms with Gasteiger partial charge >= 0.3 is 0 Å². The van der Waals surface area contributed by atoms with Gasteiger partial charge in [0.1, 0.15) is 5.82 Å². The molecule has 0 saturated carbocycles. The van der Waals surface area contributed by atoms with Gasteiger partial charge < -0.3 is 14.8 Å². The van der Waals surface area contributed by atoms with Gasteiger partial charge in [0.2, 0.25) is 15.9 Å². The molecule has 2 heterocycles. The number of benzene rings is 2. The van der Waals surface area contributed by atoms with Crippen molar-refractivity contribution in [1.82, 2.24) is 9.55 Å². The van der Waals surface area contributed by atoms with Crippen molar-refractivity contribution in [3.8, 4) is 0 Å². The third-order valence-corrected chi connectivity index (χ3v) is 7.02. The lowest BCUT2D eigenvalue weighted by Gasteiger charge is -2.19. The number of nitrogens with zero attached hydrogens (tertiary/aromatic N) is 3. The molecule has 1 amide bonds. The van der Waals surface area contributed by atoms with Crippen molar-refractivity contribution in [3.05, 3.63) is 47.8 Å². The van der Waals surface area contributed by atoms with E-state index in [1.54, 1.807) is 6.07 Å². The highest BCUT2D eigenvalue weighted by molar-refractivity contribution is 7.89. The molecule has 33 heavy (non-hydrogen) atoms. The van der Waals surface area contributed by atoms with Crippen LogP contribution in [0, 0.1) is 6.92 Å². The quantitative estimate of drug-likeness (QED) is 0.524. The SMILES string of the molecule is CCCn1c(CCC(=O)Nc2ccc(N3CCCC3)cc2C)nc2cc(S(N)(=O)=O)ccc21. The number of nitrogens with one attached hydrogen (secondary N) is 1. The number of carbonyl (C=O) groups is 1. The first-order valence-electron chi connectivity index (χ1n) is 11.4. The number of sulfonamides is 1. The summed E-state index contributed by atoms with van der Waals surface area (Å²) in [5.74, 6) is 0.682. The fourth-order valence-electron chi connectivity index (χ4n) is 4.40. The van der Waals surface area contributed by atoms with Crippen LogP contribution in [0.25, 0.3) is 11.0 Å². The Morgan fingerprint density at radius 1 is 1.15 bits per heavy atom. The van der Waals surface area contributed by atoms with Crippen molar-refractivity contribution in [3.63, 3.8) is 0 Å². The van der Waals surface area contributed by atoms with Gasteiger partial charge in [0.25, 0.3) is 0 Å². The van der Waals surface area contributed by atoms with Gasteiger partial charge in [-0.15, -0.1) is 0 Å². The molecule has 8 nitrogen and oxygen atoms in total. The van der Waals surface area contributed by atoms with Crippen LogP contribution in [0.15, 0.2) is 41.3 Å². The lowest BCUT2D eigenvalue weighted by atomic mass is 10.1. The van der Waals surface area contributed by atoms with E-state index in [1.807, 2.05) is 17.6 Å². The van der Waals surface area contributed by atoms with E-state index in [0.29, 0.717) is 11.9 Å². The lowest BCUT2D eigenvalue weighted by Crippen LogP contribution is -2.18. The number of anilines is 2. The van der Waals surface area contributed by atoms with Gasteiger partial charge in [0.05, 0.1) is 15.9 Å². The second-order valence-electron chi connectivity index (χ2n) is 8.62. The molecular formula is C24H31N5O3S. The molecule has 0 radical (unpaired) electrons. The smallest absolute Gasteiger partial charge is 0.238 e. The number of hydrogen-bond acceptors (Lipinski definition) is 5. The molecule has 0 spiro atoms. The minimum Gasteiger partial charge on any atom is -0.372 e. The first kappa shape index (κ1) is 23.3. The molecule has 4 rings (SSSR count). The Morgan fingerprint density at radius 3 is 2.58 bits per heavy atom. The molecule has 176 valence electrons. The Bertz CT molecular complexity index is 1280. The van der Waals surface area contributed by atoms with Crippen molar-refractivity contribution < 1.29 is 13.2 Å². The highest BCUT2D eigenvalue weighted by Crippen LogP contribution is 2.26. The summed E-state index contributed by atoms with van der Waals surface area (Å²) in [6, 6.07) is 10.9. The summed E-state index contributed by atoms with van der Waals surface area (Å²) in [5.41, 5.74) is 4.48. The zero-order valence-electron chi connectivity index (χ0n) is 19.2. The molecule has 1 aliphatic rings. The van der Waals surface area contributed by atoms with E-state index in [9.17, 15) is 13.2 Å². The summed E-state index contributed by atoms with van der Waals surface area (Å²) >= 11 is 0. The van der Waals surface area contributed by atoms with E-state index in [4.69, 9.17) is 5.14 Å². The van der Waals surface area contributed by atoms with Crippen LogP contribution in [0.2, 0.25) is 0 Å². The Balaban J connectivity index is 1.47. The molecule has 1 fully saturated rings. The second-order valence-corrected chi connectivity index (χ2v) is 10.2. The van der Waals surface area contributed by atoms with Crippen molar-refractivity contribution in [2.45, 2.75) is 57.4 Å². The summed E-state index contributed by atoms with van der Waals surface area (Å²) in [6.07, 6.45) is 4.08. The van der Waals surface area contributed by atoms with Crippen LogP contribution in [-0.4, -0.2) is 37.0 Å². The molecule has 9 heteroatoms. The van der Waals surface area contributed by atoms with Gasteiger partial charge in [-0.3, -0.25) is 4.79 Å². The molecule has 3 N–H and O–H groups in total. The van der Waals surface area contributed by atoms with Crippen LogP contribution in [0.1, 0.15) is 44.0 Å². The Morgan fingerprint density at radius 2 is 1.91 bits per heavy atom. The maximum Gasteiger partial charge on any atom is 0.238 e. The number of primary sulfonamides is 1. The van der Waals surface area contributed by atoms with E-state index in [1.165, 1.54) is 30.7 Å². The first-order chi connectivity index (χ1) is 15.8. The fraction of sp³-hybridized carbons (Fsp3) is 0.417. The third kappa shape index (κ3) is 5.20. The average molecular weight is 470 g/mol. The number of nitrogens with two attached hydrogens (primary N) is 1. The van der Waals surface area contributed by atoms with Crippen molar-refractivity contribution >= 4 is 38.3 Å². The third-order valence-electron chi connectivity index (χ3n) is 6.11. The summed E-state index contributed by atoms with van der Waals surface area (Å²) in [7, 11) is -3.80. The minimum atomic E-state index is -3.80. The molecule has 0 unspecified atom stereocenters. The zero-order chi connectivity index (χ0) is 23.6. The molecule has 1 aliphatic heterocycles. The van der Waals surface area contributed by atoms with Crippen LogP contribution in [0.3, 0.4) is 0 Å². The summed E-state index contributed by atoms with van der Waals surface area (Å²) in [4.78, 5) is 19.7. The molecule has 1 aromatic heterocycles. The highest BCUT2D eigenvalue weighted by Gasteiger charge is 2.17. The summed E-state index contributed by atoms with van der Waals surface area (Å²) in [6.45, 7) is 6.99. The number of rotatable bonds is 8. The summed E-state index contributed by atoms with van der Waals surface area (Å²) in [5, 5.41) is 8.28. The molecular weight excluding hydrogens is 438 g/mol. The monoisotopic (exact) mass is 469 g/mol. The minimum absolute atomic E-state index is 0.0355. The van der Waals surface area contributed by atoms with E-state index in [-0.39, 0.29) is 17.2 Å². The van der Waals surface area contributed by atoms with Gasteiger partial charge in [-0.1, -0.05) is 6.92 Å². The number of carbonyl (C=O) groups excluding carboxylic acids is 1. The van der Waals surface area contributed by atoms with E-state index in [2.05, 4.69) is 34.3 Å².